The Morgan fingerprint density at radius 3 is 2.31 bits per heavy atom. The molecule has 0 spiro atoms. The molecule has 0 heteroatoms. The van der Waals surface area contributed by atoms with E-state index in [1.807, 2.05) is 6.08 Å². The Morgan fingerprint density at radius 1 is 1.00 bits per heavy atom. The van der Waals surface area contributed by atoms with Crippen molar-refractivity contribution in [3.8, 4) is 0 Å². The lowest BCUT2D eigenvalue weighted by atomic mass is 10.1. The molecule has 0 saturated carbocycles. The second-order valence-electron chi connectivity index (χ2n) is 4.02. The molecular weight excluding hydrogens is 156 g/mol. The summed E-state index contributed by atoms with van der Waals surface area (Å²) in [5, 5.41) is 0. The molecule has 0 amide bonds. The van der Waals surface area contributed by atoms with Gasteiger partial charge in [0, 0.05) is 0 Å². The minimum Gasteiger partial charge on any atom is -0.103 e. The van der Waals surface area contributed by atoms with Crippen LogP contribution in [-0.2, 0) is 0 Å². The summed E-state index contributed by atoms with van der Waals surface area (Å²) in [6.45, 7) is 8.28. The van der Waals surface area contributed by atoms with Crippen LogP contribution in [0.5, 0.6) is 0 Å². The molecular formula is C13H24. The van der Waals surface area contributed by atoms with Crippen molar-refractivity contribution in [3.05, 3.63) is 24.8 Å². The third-order valence-electron chi connectivity index (χ3n) is 2.11. The topological polar surface area (TPSA) is 0 Å². The highest BCUT2D eigenvalue weighted by Crippen LogP contribution is 2.08. The van der Waals surface area contributed by atoms with Crippen molar-refractivity contribution in [3.63, 3.8) is 0 Å². The molecule has 13 heavy (non-hydrogen) atoms. The van der Waals surface area contributed by atoms with E-state index in [0.717, 1.165) is 18.8 Å². The summed E-state index contributed by atoms with van der Waals surface area (Å²) >= 11 is 0. The van der Waals surface area contributed by atoms with Gasteiger partial charge < -0.3 is 0 Å². The molecule has 0 radical (unpaired) electrons. The average molecular weight is 180 g/mol. The Bertz CT molecular complexity index is 131. The maximum absolute atomic E-state index is 3.69. The highest BCUT2D eigenvalue weighted by Gasteiger charge is 1.91. The van der Waals surface area contributed by atoms with Gasteiger partial charge in [0.05, 0.1) is 0 Å². The molecule has 0 saturated heterocycles. The summed E-state index contributed by atoms with van der Waals surface area (Å²) in [6.07, 6.45) is 14.2. The largest absolute Gasteiger partial charge is 0.103 e. The normalized spacial score (nSPS) is 11.3. The first kappa shape index (κ1) is 12.5. The molecule has 0 unspecified atom stereocenters. The van der Waals surface area contributed by atoms with Gasteiger partial charge in [0.1, 0.15) is 0 Å². The SMILES string of the molecule is C=CCCC=CCCCCC(C)C. The van der Waals surface area contributed by atoms with E-state index < -0.39 is 0 Å². The Labute approximate surface area is 83.7 Å². The Hall–Kier alpha value is -0.520. The first-order valence-corrected chi connectivity index (χ1v) is 5.53. The summed E-state index contributed by atoms with van der Waals surface area (Å²) in [7, 11) is 0. The molecule has 0 aromatic heterocycles. The lowest BCUT2D eigenvalue weighted by molar-refractivity contribution is 0.540. The number of hydrogen-bond acceptors (Lipinski definition) is 0. The molecule has 0 aliphatic heterocycles. The van der Waals surface area contributed by atoms with Gasteiger partial charge in [0.25, 0.3) is 0 Å². The fourth-order valence-electron chi connectivity index (χ4n) is 1.26. The van der Waals surface area contributed by atoms with Gasteiger partial charge in [-0.2, -0.15) is 0 Å². The number of unbranched alkanes of at least 4 members (excludes halogenated alkanes) is 3. The van der Waals surface area contributed by atoms with Crippen LogP contribution in [0.1, 0.15) is 52.4 Å². The van der Waals surface area contributed by atoms with Crippen molar-refractivity contribution >= 4 is 0 Å². The Morgan fingerprint density at radius 2 is 1.69 bits per heavy atom. The van der Waals surface area contributed by atoms with Crippen LogP contribution in [-0.4, -0.2) is 0 Å². The molecule has 0 aromatic rings. The van der Waals surface area contributed by atoms with Gasteiger partial charge >= 0.3 is 0 Å². The van der Waals surface area contributed by atoms with E-state index in [-0.39, 0.29) is 0 Å². The number of rotatable bonds is 8. The lowest BCUT2D eigenvalue weighted by Crippen LogP contribution is -1.85. The van der Waals surface area contributed by atoms with Crippen molar-refractivity contribution in [1.29, 1.82) is 0 Å². The molecule has 0 nitrogen and oxygen atoms in total. The molecule has 0 bridgehead atoms. The van der Waals surface area contributed by atoms with Gasteiger partial charge in [-0.25, -0.2) is 0 Å². The van der Waals surface area contributed by atoms with Gasteiger partial charge in [-0.05, 0) is 31.6 Å². The first-order chi connectivity index (χ1) is 6.27. The zero-order valence-corrected chi connectivity index (χ0v) is 9.26. The van der Waals surface area contributed by atoms with Crippen LogP contribution in [0.2, 0.25) is 0 Å². The minimum absolute atomic E-state index is 0.866. The van der Waals surface area contributed by atoms with Gasteiger partial charge in [0.2, 0.25) is 0 Å². The molecule has 0 N–H and O–H groups in total. The molecule has 0 rings (SSSR count). The van der Waals surface area contributed by atoms with Crippen LogP contribution in [0.4, 0.5) is 0 Å². The molecule has 0 heterocycles. The van der Waals surface area contributed by atoms with Crippen molar-refractivity contribution in [2.45, 2.75) is 52.4 Å². The highest BCUT2D eigenvalue weighted by atomic mass is 14.0. The fraction of sp³-hybridized carbons (Fsp3) is 0.692. The van der Waals surface area contributed by atoms with Gasteiger partial charge in [-0.3, -0.25) is 0 Å². The summed E-state index contributed by atoms with van der Waals surface area (Å²) in [4.78, 5) is 0. The maximum Gasteiger partial charge on any atom is -0.0316 e. The zero-order valence-electron chi connectivity index (χ0n) is 9.26. The van der Waals surface area contributed by atoms with Gasteiger partial charge in [-0.15, -0.1) is 6.58 Å². The average Bonchev–Trinajstić information content (AvgIpc) is 2.09. The van der Waals surface area contributed by atoms with E-state index >= 15 is 0 Å². The van der Waals surface area contributed by atoms with Crippen LogP contribution in [0, 0.1) is 5.92 Å². The third-order valence-corrected chi connectivity index (χ3v) is 2.11. The first-order valence-electron chi connectivity index (χ1n) is 5.53. The van der Waals surface area contributed by atoms with Crippen molar-refractivity contribution in [2.75, 3.05) is 0 Å². The van der Waals surface area contributed by atoms with E-state index in [9.17, 15) is 0 Å². The molecule has 0 aliphatic rings. The monoisotopic (exact) mass is 180 g/mol. The second kappa shape index (κ2) is 9.57. The summed E-state index contributed by atoms with van der Waals surface area (Å²) < 4.78 is 0. The highest BCUT2D eigenvalue weighted by molar-refractivity contribution is 4.84. The predicted molar refractivity (Wildman–Crippen MR) is 61.9 cm³/mol. The standard InChI is InChI=1S/C13H24/c1-4-5-6-7-8-9-10-11-12-13(2)3/h4,7-8,13H,1,5-6,9-12H2,2-3H3. The van der Waals surface area contributed by atoms with Crippen LogP contribution >= 0.6 is 0 Å². The summed E-state index contributed by atoms with van der Waals surface area (Å²) in [5.74, 6) is 0.866. The number of allylic oxidation sites excluding steroid dienone is 3. The van der Waals surface area contributed by atoms with Crippen LogP contribution in [0.25, 0.3) is 0 Å². The zero-order chi connectivity index (χ0) is 9.94. The van der Waals surface area contributed by atoms with E-state index in [1.54, 1.807) is 0 Å². The molecule has 76 valence electrons. The summed E-state index contributed by atoms with van der Waals surface area (Å²) in [5.41, 5.74) is 0. The minimum atomic E-state index is 0.866. The fourth-order valence-corrected chi connectivity index (χ4v) is 1.26. The molecule has 0 atom stereocenters. The van der Waals surface area contributed by atoms with Crippen LogP contribution in [0.15, 0.2) is 24.8 Å². The van der Waals surface area contributed by atoms with E-state index in [2.05, 4.69) is 32.6 Å². The quantitative estimate of drug-likeness (QED) is 0.374. The van der Waals surface area contributed by atoms with Crippen molar-refractivity contribution < 1.29 is 0 Å². The molecule has 0 aromatic carbocycles. The van der Waals surface area contributed by atoms with E-state index in [0.29, 0.717) is 0 Å². The number of hydrogen-bond donors (Lipinski definition) is 0. The smallest absolute Gasteiger partial charge is 0.0316 e. The summed E-state index contributed by atoms with van der Waals surface area (Å²) in [6, 6.07) is 0. The van der Waals surface area contributed by atoms with E-state index in [4.69, 9.17) is 0 Å². The third kappa shape index (κ3) is 11.5. The van der Waals surface area contributed by atoms with Crippen molar-refractivity contribution in [2.24, 2.45) is 5.92 Å². The lowest BCUT2D eigenvalue weighted by Gasteiger charge is -2.01. The van der Waals surface area contributed by atoms with Gasteiger partial charge in [-0.1, -0.05) is 44.9 Å². The van der Waals surface area contributed by atoms with Gasteiger partial charge in [0.15, 0.2) is 0 Å². The second-order valence-corrected chi connectivity index (χ2v) is 4.02. The van der Waals surface area contributed by atoms with Crippen LogP contribution in [0.3, 0.4) is 0 Å². The Kier molecular flexibility index (Phi) is 9.18. The van der Waals surface area contributed by atoms with Crippen molar-refractivity contribution in [1.82, 2.24) is 0 Å². The van der Waals surface area contributed by atoms with Crippen LogP contribution < -0.4 is 0 Å². The molecule has 0 aliphatic carbocycles. The molecule has 0 fully saturated rings. The Balaban J connectivity index is 3.06. The maximum atomic E-state index is 3.69. The predicted octanol–water partition coefficient (Wildman–Crippen LogP) is 4.73. The van der Waals surface area contributed by atoms with E-state index in [1.165, 1.54) is 25.7 Å².